The van der Waals surface area contributed by atoms with Crippen molar-refractivity contribution in [3.63, 3.8) is 0 Å². The highest BCUT2D eigenvalue weighted by Gasteiger charge is 2.15. The normalized spacial score (nSPS) is 9.95. The molecule has 2 rings (SSSR count). The minimum absolute atomic E-state index is 0.409. The SMILES string of the molecule is C#CCn1c(CCC)nc(-c2cccc(C#N)c2)c1N. The van der Waals surface area contributed by atoms with Crippen LogP contribution in [0.3, 0.4) is 0 Å². The van der Waals surface area contributed by atoms with Gasteiger partial charge < -0.3 is 10.3 Å². The molecule has 0 amide bonds. The topological polar surface area (TPSA) is 67.6 Å². The summed E-state index contributed by atoms with van der Waals surface area (Å²) in [5, 5.41) is 8.97. The molecule has 1 heterocycles. The lowest BCUT2D eigenvalue weighted by atomic mass is 10.1. The lowest BCUT2D eigenvalue weighted by Gasteiger charge is -2.05. The monoisotopic (exact) mass is 264 g/mol. The van der Waals surface area contributed by atoms with Crippen molar-refractivity contribution < 1.29 is 0 Å². The first kappa shape index (κ1) is 13.7. The number of anilines is 1. The number of rotatable bonds is 4. The number of terminal acetylenes is 1. The Kier molecular flexibility index (Phi) is 4.08. The molecule has 0 radical (unpaired) electrons. The van der Waals surface area contributed by atoms with Crippen LogP contribution in [-0.4, -0.2) is 9.55 Å². The van der Waals surface area contributed by atoms with Crippen molar-refractivity contribution >= 4 is 5.82 Å². The molecule has 0 spiro atoms. The number of nitrogen functional groups attached to an aromatic ring is 1. The second kappa shape index (κ2) is 5.95. The summed E-state index contributed by atoms with van der Waals surface area (Å²) in [5.74, 6) is 4.05. The lowest BCUT2D eigenvalue weighted by Crippen LogP contribution is -2.06. The minimum Gasteiger partial charge on any atom is -0.383 e. The quantitative estimate of drug-likeness (QED) is 0.863. The molecule has 4 heteroatoms. The number of nitrogens with two attached hydrogens (primary N) is 1. The van der Waals surface area contributed by atoms with Gasteiger partial charge in [-0.3, -0.25) is 0 Å². The molecule has 0 aliphatic carbocycles. The van der Waals surface area contributed by atoms with Crippen molar-refractivity contribution in [2.24, 2.45) is 0 Å². The Bertz CT molecular complexity index is 698. The first-order valence-corrected chi connectivity index (χ1v) is 6.50. The second-order valence-electron chi connectivity index (χ2n) is 4.49. The van der Waals surface area contributed by atoms with E-state index in [9.17, 15) is 0 Å². The molecule has 0 atom stereocenters. The maximum absolute atomic E-state index is 8.97. The largest absolute Gasteiger partial charge is 0.383 e. The van der Waals surface area contributed by atoms with Gasteiger partial charge in [0.25, 0.3) is 0 Å². The van der Waals surface area contributed by atoms with E-state index in [1.165, 1.54) is 0 Å². The van der Waals surface area contributed by atoms with E-state index in [-0.39, 0.29) is 0 Å². The average molecular weight is 264 g/mol. The smallest absolute Gasteiger partial charge is 0.132 e. The van der Waals surface area contributed by atoms with E-state index in [0.29, 0.717) is 23.6 Å². The number of aryl methyl sites for hydroxylation is 1. The van der Waals surface area contributed by atoms with Crippen molar-refractivity contribution in [2.75, 3.05) is 5.73 Å². The molecule has 0 saturated carbocycles. The van der Waals surface area contributed by atoms with Crippen LogP contribution < -0.4 is 5.73 Å². The van der Waals surface area contributed by atoms with Crippen LogP contribution in [0.4, 0.5) is 5.82 Å². The zero-order valence-corrected chi connectivity index (χ0v) is 11.4. The van der Waals surface area contributed by atoms with Crippen molar-refractivity contribution in [1.82, 2.24) is 9.55 Å². The van der Waals surface area contributed by atoms with Gasteiger partial charge in [0.15, 0.2) is 0 Å². The number of nitrogens with zero attached hydrogens (tertiary/aromatic N) is 3. The van der Waals surface area contributed by atoms with Gasteiger partial charge in [0.2, 0.25) is 0 Å². The summed E-state index contributed by atoms with van der Waals surface area (Å²) in [7, 11) is 0. The summed E-state index contributed by atoms with van der Waals surface area (Å²) in [4.78, 5) is 4.60. The van der Waals surface area contributed by atoms with Crippen molar-refractivity contribution in [1.29, 1.82) is 5.26 Å². The fourth-order valence-corrected chi connectivity index (χ4v) is 2.14. The van der Waals surface area contributed by atoms with Gasteiger partial charge >= 0.3 is 0 Å². The Balaban J connectivity index is 2.54. The second-order valence-corrected chi connectivity index (χ2v) is 4.49. The van der Waals surface area contributed by atoms with E-state index in [0.717, 1.165) is 24.2 Å². The summed E-state index contributed by atoms with van der Waals surface area (Å²) in [6, 6.07) is 9.39. The van der Waals surface area contributed by atoms with Gasteiger partial charge in [0, 0.05) is 12.0 Å². The maximum atomic E-state index is 8.97. The number of benzene rings is 1. The fourth-order valence-electron chi connectivity index (χ4n) is 2.14. The molecule has 4 nitrogen and oxygen atoms in total. The third-order valence-electron chi connectivity index (χ3n) is 3.07. The predicted octanol–water partition coefficient (Wildman–Crippen LogP) is 2.59. The van der Waals surface area contributed by atoms with E-state index < -0.39 is 0 Å². The highest BCUT2D eigenvalue weighted by atomic mass is 15.1. The Labute approximate surface area is 118 Å². The number of imidazole rings is 1. The molecule has 0 saturated heterocycles. The molecule has 0 aliphatic heterocycles. The molecule has 0 unspecified atom stereocenters. The molecule has 0 aliphatic rings. The first-order valence-electron chi connectivity index (χ1n) is 6.50. The zero-order valence-electron chi connectivity index (χ0n) is 11.4. The maximum Gasteiger partial charge on any atom is 0.132 e. The minimum atomic E-state index is 0.409. The number of aromatic nitrogens is 2. The van der Waals surface area contributed by atoms with Crippen LogP contribution >= 0.6 is 0 Å². The number of hydrogen-bond acceptors (Lipinski definition) is 3. The van der Waals surface area contributed by atoms with Crippen LogP contribution in [0.5, 0.6) is 0 Å². The number of nitriles is 1. The summed E-state index contributed by atoms with van der Waals surface area (Å²) in [5.41, 5.74) is 8.29. The van der Waals surface area contributed by atoms with E-state index in [1.807, 2.05) is 16.7 Å². The van der Waals surface area contributed by atoms with Gasteiger partial charge in [-0.1, -0.05) is 25.0 Å². The molecule has 0 fully saturated rings. The summed E-state index contributed by atoms with van der Waals surface area (Å²) in [6.07, 6.45) is 7.19. The Morgan fingerprint density at radius 1 is 1.45 bits per heavy atom. The van der Waals surface area contributed by atoms with Gasteiger partial charge in [0.05, 0.1) is 18.2 Å². The Morgan fingerprint density at radius 2 is 2.25 bits per heavy atom. The molecule has 2 aromatic rings. The Morgan fingerprint density at radius 3 is 2.90 bits per heavy atom. The number of hydrogen-bond donors (Lipinski definition) is 1. The molecule has 1 aromatic heterocycles. The summed E-state index contributed by atoms with van der Waals surface area (Å²) in [6.45, 7) is 2.49. The van der Waals surface area contributed by atoms with Gasteiger partial charge in [-0.25, -0.2) is 4.98 Å². The highest BCUT2D eigenvalue weighted by molar-refractivity contribution is 5.72. The third kappa shape index (κ3) is 2.50. The fraction of sp³-hybridized carbons (Fsp3) is 0.250. The highest BCUT2D eigenvalue weighted by Crippen LogP contribution is 2.27. The summed E-state index contributed by atoms with van der Waals surface area (Å²) >= 11 is 0. The van der Waals surface area contributed by atoms with Crippen LogP contribution in [0, 0.1) is 23.7 Å². The van der Waals surface area contributed by atoms with E-state index >= 15 is 0 Å². The molecule has 2 N–H and O–H groups in total. The first-order chi connectivity index (χ1) is 9.71. The lowest BCUT2D eigenvalue weighted by molar-refractivity contribution is 0.733. The molecular formula is C16H16N4. The van der Waals surface area contributed by atoms with Gasteiger partial charge in [-0.15, -0.1) is 6.42 Å². The van der Waals surface area contributed by atoms with Crippen LogP contribution in [0.15, 0.2) is 24.3 Å². The Hall–Kier alpha value is -2.72. The van der Waals surface area contributed by atoms with Gasteiger partial charge in [-0.05, 0) is 18.6 Å². The van der Waals surface area contributed by atoms with E-state index in [2.05, 4.69) is 23.9 Å². The van der Waals surface area contributed by atoms with Crippen LogP contribution in [0.1, 0.15) is 24.7 Å². The predicted molar refractivity (Wildman–Crippen MR) is 79.6 cm³/mol. The van der Waals surface area contributed by atoms with Crippen LogP contribution in [-0.2, 0) is 13.0 Å². The van der Waals surface area contributed by atoms with Crippen LogP contribution in [0.25, 0.3) is 11.3 Å². The van der Waals surface area contributed by atoms with Crippen LogP contribution in [0.2, 0.25) is 0 Å². The van der Waals surface area contributed by atoms with Crippen molar-refractivity contribution in [3.05, 3.63) is 35.7 Å². The van der Waals surface area contributed by atoms with Crippen molar-refractivity contribution in [3.8, 4) is 29.7 Å². The zero-order chi connectivity index (χ0) is 14.5. The van der Waals surface area contributed by atoms with E-state index in [4.69, 9.17) is 17.4 Å². The molecule has 20 heavy (non-hydrogen) atoms. The standard InChI is InChI=1S/C16H16N4/c1-3-6-14-19-15(16(18)20(14)9-4-2)13-8-5-7-12(10-13)11-17/h2,5,7-8,10H,3,6,9,18H2,1H3. The third-order valence-corrected chi connectivity index (χ3v) is 3.07. The molecule has 1 aromatic carbocycles. The van der Waals surface area contributed by atoms with Crippen molar-refractivity contribution in [2.45, 2.75) is 26.3 Å². The molecular weight excluding hydrogens is 248 g/mol. The molecule has 100 valence electrons. The van der Waals surface area contributed by atoms with E-state index in [1.54, 1.807) is 12.1 Å². The molecule has 0 bridgehead atoms. The van der Waals surface area contributed by atoms with Gasteiger partial charge in [-0.2, -0.15) is 5.26 Å². The summed E-state index contributed by atoms with van der Waals surface area (Å²) < 4.78 is 1.86. The average Bonchev–Trinajstić information content (AvgIpc) is 2.77. The van der Waals surface area contributed by atoms with Gasteiger partial charge in [0.1, 0.15) is 17.3 Å².